The van der Waals surface area contributed by atoms with Gasteiger partial charge in [-0.2, -0.15) is 5.26 Å². The number of rotatable bonds is 5. The maximum absolute atomic E-state index is 11.7. The molecule has 1 aromatic rings. The lowest BCUT2D eigenvalue weighted by molar-refractivity contribution is -0.116. The van der Waals surface area contributed by atoms with Crippen LogP contribution in [0.25, 0.3) is 0 Å². The Morgan fingerprint density at radius 3 is 2.94 bits per heavy atom. The fourth-order valence-corrected chi connectivity index (χ4v) is 1.55. The molecule has 0 spiro atoms. The largest absolute Gasteiger partial charge is 0.382 e. The summed E-state index contributed by atoms with van der Waals surface area (Å²) >= 11 is 5.83. The number of nitriles is 1. The molecule has 4 nitrogen and oxygen atoms in total. The van der Waals surface area contributed by atoms with E-state index in [9.17, 15) is 4.79 Å². The quantitative estimate of drug-likeness (QED) is 0.891. The van der Waals surface area contributed by atoms with Gasteiger partial charge in [0.2, 0.25) is 5.91 Å². The van der Waals surface area contributed by atoms with Gasteiger partial charge >= 0.3 is 0 Å². The molecule has 0 heterocycles. The average Bonchev–Trinajstić information content (AvgIpc) is 2.36. The van der Waals surface area contributed by atoms with Crippen LogP contribution in [0, 0.1) is 11.3 Å². The summed E-state index contributed by atoms with van der Waals surface area (Å²) in [4.78, 5) is 11.7. The summed E-state index contributed by atoms with van der Waals surface area (Å²) in [5, 5.41) is 12.1. The van der Waals surface area contributed by atoms with Crippen LogP contribution in [0.3, 0.4) is 0 Å². The normalized spacial score (nSPS) is 11.7. The topological polar surface area (TPSA) is 62.1 Å². The molecule has 18 heavy (non-hydrogen) atoms. The molecule has 0 aliphatic heterocycles. The molecule has 0 saturated heterocycles. The molecule has 1 N–H and O–H groups in total. The highest BCUT2D eigenvalue weighted by Gasteiger charge is 2.09. The number of carbonyl (C=O) groups excluding carboxylic acids is 1. The zero-order chi connectivity index (χ0) is 13.5. The first kappa shape index (κ1) is 14.5. The molecule has 1 aromatic carbocycles. The van der Waals surface area contributed by atoms with Crippen LogP contribution in [0.4, 0.5) is 5.69 Å². The molecule has 1 atom stereocenters. The van der Waals surface area contributed by atoms with E-state index in [4.69, 9.17) is 21.6 Å². The molecule has 0 fully saturated rings. The number of hydrogen-bond donors (Lipinski definition) is 1. The molecular weight excluding hydrogens is 252 g/mol. The van der Waals surface area contributed by atoms with Crippen LogP contribution < -0.4 is 5.32 Å². The number of methoxy groups -OCH3 is 1. The molecule has 0 saturated carbocycles. The van der Waals surface area contributed by atoms with Gasteiger partial charge in [0.25, 0.3) is 0 Å². The summed E-state index contributed by atoms with van der Waals surface area (Å²) in [5.74, 6) is -0.155. The summed E-state index contributed by atoms with van der Waals surface area (Å²) in [6.45, 7) is 1.90. The molecule has 0 aliphatic rings. The Kier molecular flexibility index (Phi) is 5.63. The Labute approximate surface area is 112 Å². The summed E-state index contributed by atoms with van der Waals surface area (Å²) in [5.41, 5.74) is 0.840. The van der Waals surface area contributed by atoms with Crippen molar-refractivity contribution in [2.24, 2.45) is 0 Å². The predicted molar refractivity (Wildman–Crippen MR) is 70.5 cm³/mol. The molecule has 0 aromatic heterocycles. The highest BCUT2D eigenvalue weighted by Crippen LogP contribution is 2.20. The van der Waals surface area contributed by atoms with Gasteiger partial charge in [-0.15, -0.1) is 0 Å². The van der Waals surface area contributed by atoms with Crippen LogP contribution in [-0.4, -0.2) is 19.1 Å². The Bertz CT molecular complexity index is 469. The van der Waals surface area contributed by atoms with Crippen LogP contribution in [0.5, 0.6) is 0 Å². The van der Waals surface area contributed by atoms with E-state index in [0.29, 0.717) is 29.1 Å². The number of anilines is 1. The number of hydrogen-bond acceptors (Lipinski definition) is 3. The Morgan fingerprint density at radius 1 is 1.61 bits per heavy atom. The van der Waals surface area contributed by atoms with Crippen molar-refractivity contribution < 1.29 is 9.53 Å². The van der Waals surface area contributed by atoms with Crippen molar-refractivity contribution >= 4 is 23.2 Å². The van der Waals surface area contributed by atoms with E-state index >= 15 is 0 Å². The van der Waals surface area contributed by atoms with Gasteiger partial charge in [-0.3, -0.25) is 4.79 Å². The second-order valence-electron chi connectivity index (χ2n) is 3.93. The van der Waals surface area contributed by atoms with Crippen molar-refractivity contribution in [3.05, 3.63) is 28.8 Å². The van der Waals surface area contributed by atoms with Crippen LogP contribution in [-0.2, 0) is 9.53 Å². The van der Waals surface area contributed by atoms with Crippen molar-refractivity contribution in [3.8, 4) is 6.07 Å². The smallest absolute Gasteiger partial charge is 0.224 e. The van der Waals surface area contributed by atoms with Crippen LogP contribution >= 0.6 is 11.6 Å². The zero-order valence-electron chi connectivity index (χ0n) is 10.4. The van der Waals surface area contributed by atoms with Gasteiger partial charge in [-0.1, -0.05) is 11.6 Å². The number of nitrogens with zero attached hydrogens (tertiary/aromatic N) is 1. The molecule has 5 heteroatoms. The van der Waals surface area contributed by atoms with E-state index in [1.165, 1.54) is 0 Å². The minimum absolute atomic E-state index is 0.0329. The third-order valence-corrected chi connectivity index (χ3v) is 2.79. The van der Waals surface area contributed by atoms with Gasteiger partial charge < -0.3 is 10.1 Å². The maximum atomic E-state index is 11.7. The van der Waals surface area contributed by atoms with Crippen LogP contribution in [0.15, 0.2) is 18.2 Å². The molecule has 0 radical (unpaired) electrons. The lowest BCUT2D eigenvalue weighted by Crippen LogP contribution is -2.15. The number of nitrogens with one attached hydrogen (secondary N) is 1. The highest BCUT2D eigenvalue weighted by atomic mass is 35.5. The third kappa shape index (κ3) is 4.36. The van der Waals surface area contributed by atoms with E-state index in [0.717, 1.165) is 0 Å². The minimum atomic E-state index is -0.155. The lowest BCUT2D eigenvalue weighted by Gasteiger charge is -2.10. The SMILES string of the molecule is COC(C)CCC(=O)Nc1cc(Cl)ccc1C#N. The molecular formula is C13H15ClN2O2. The van der Waals surface area contributed by atoms with Crippen molar-refractivity contribution in [2.75, 3.05) is 12.4 Å². The van der Waals surface area contributed by atoms with E-state index < -0.39 is 0 Å². The molecule has 1 amide bonds. The van der Waals surface area contributed by atoms with E-state index in [1.54, 1.807) is 25.3 Å². The first-order chi connectivity index (χ1) is 8.56. The summed E-state index contributed by atoms with van der Waals surface area (Å²) in [6, 6.07) is 6.77. The summed E-state index contributed by atoms with van der Waals surface area (Å²) in [7, 11) is 1.60. The predicted octanol–water partition coefficient (Wildman–Crippen LogP) is 2.97. The fourth-order valence-electron chi connectivity index (χ4n) is 1.38. The van der Waals surface area contributed by atoms with E-state index in [1.807, 2.05) is 13.0 Å². The maximum Gasteiger partial charge on any atom is 0.224 e. The van der Waals surface area contributed by atoms with Crippen molar-refractivity contribution in [3.63, 3.8) is 0 Å². The molecule has 1 unspecified atom stereocenters. The van der Waals surface area contributed by atoms with E-state index in [2.05, 4.69) is 5.32 Å². The standard InChI is InChI=1S/C13H15ClN2O2/c1-9(18-2)3-6-13(17)16-12-7-11(14)5-4-10(12)8-15/h4-5,7,9H,3,6H2,1-2H3,(H,16,17). The van der Waals surface area contributed by atoms with Crippen LogP contribution in [0.1, 0.15) is 25.3 Å². The van der Waals surface area contributed by atoms with Crippen LogP contribution in [0.2, 0.25) is 5.02 Å². The number of ether oxygens (including phenoxy) is 1. The first-order valence-corrected chi connectivity index (χ1v) is 5.97. The number of halogens is 1. The molecule has 96 valence electrons. The number of benzene rings is 1. The van der Waals surface area contributed by atoms with Crippen molar-refractivity contribution in [1.29, 1.82) is 5.26 Å². The second-order valence-corrected chi connectivity index (χ2v) is 4.37. The Balaban J connectivity index is 2.64. The zero-order valence-corrected chi connectivity index (χ0v) is 11.1. The monoisotopic (exact) mass is 266 g/mol. The van der Waals surface area contributed by atoms with Crippen molar-refractivity contribution in [1.82, 2.24) is 0 Å². The van der Waals surface area contributed by atoms with Gasteiger partial charge in [0.05, 0.1) is 17.4 Å². The van der Waals surface area contributed by atoms with Gasteiger partial charge in [0, 0.05) is 18.6 Å². The number of amides is 1. The highest BCUT2D eigenvalue weighted by molar-refractivity contribution is 6.31. The minimum Gasteiger partial charge on any atom is -0.382 e. The molecule has 1 rings (SSSR count). The summed E-state index contributed by atoms with van der Waals surface area (Å²) < 4.78 is 5.06. The van der Waals surface area contributed by atoms with Gasteiger partial charge in [-0.05, 0) is 31.5 Å². The second kappa shape index (κ2) is 7.00. The van der Waals surface area contributed by atoms with E-state index in [-0.39, 0.29) is 12.0 Å². The van der Waals surface area contributed by atoms with Crippen molar-refractivity contribution in [2.45, 2.75) is 25.9 Å². The lowest BCUT2D eigenvalue weighted by atomic mass is 10.1. The molecule has 0 aliphatic carbocycles. The fraction of sp³-hybridized carbons (Fsp3) is 0.385. The molecule has 0 bridgehead atoms. The van der Waals surface area contributed by atoms with Gasteiger partial charge in [0.15, 0.2) is 0 Å². The average molecular weight is 267 g/mol. The number of carbonyl (C=O) groups is 1. The Hall–Kier alpha value is -1.57. The van der Waals surface area contributed by atoms with Gasteiger partial charge in [-0.25, -0.2) is 0 Å². The van der Waals surface area contributed by atoms with Gasteiger partial charge in [0.1, 0.15) is 6.07 Å². The summed E-state index contributed by atoms with van der Waals surface area (Å²) in [6.07, 6.45) is 1.00. The Morgan fingerprint density at radius 2 is 2.33 bits per heavy atom. The third-order valence-electron chi connectivity index (χ3n) is 2.56. The first-order valence-electron chi connectivity index (χ1n) is 5.59.